The predicted octanol–water partition coefficient (Wildman–Crippen LogP) is 4.31. The van der Waals surface area contributed by atoms with E-state index >= 15 is 0 Å². The zero-order valence-electron chi connectivity index (χ0n) is 9.55. The van der Waals surface area contributed by atoms with Gasteiger partial charge in [0.05, 0.1) is 14.8 Å². The second-order valence-electron chi connectivity index (χ2n) is 3.70. The molecule has 0 atom stereocenters. The Hall–Kier alpha value is -1.40. The third-order valence-electron chi connectivity index (χ3n) is 2.38. The van der Waals surface area contributed by atoms with Crippen molar-refractivity contribution in [2.75, 3.05) is 0 Å². The average molecular weight is 328 g/mol. The van der Waals surface area contributed by atoms with E-state index in [4.69, 9.17) is 4.74 Å². The molecule has 2 aromatic rings. The molecule has 0 saturated carbocycles. The number of rotatable bonds is 4. The van der Waals surface area contributed by atoms with Crippen molar-refractivity contribution in [1.29, 1.82) is 0 Å². The molecule has 1 aromatic carbocycles. The van der Waals surface area contributed by atoms with Gasteiger partial charge in [0.2, 0.25) is 0 Å². The number of ether oxygens (including phenoxy) is 1. The summed E-state index contributed by atoms with van der Waals surface area (Å²) in [6.07, 6.45) is 0. The fourth-order valence-electron chi connectivity index (χ4n) is 1.44. The summed E-state index contributed by atoms with van der Waals surface area (Å²) in [5, 5.41) is 10.7. The lowest BCUT2D eigenvalue weighted by Crippen LogP contribution is -1.96. The van der Waals surface area contributed by atoms with E-state index < -0.39 is 4.92 Å². The number of non-ortho nitro benzene ring substituents is 1. The van der Waals surface area contributed by atoms with Gasteiger partial charge in [0.15, 0.2) is 0 Å². The maximum atomic E-state index is 10.7. The van der Waals surface area contributed by atoms with Gasteiger partial charge in [0.1, 0.15) is 12.4 Å². The van der Waals surface area contributed by atoms with Crippen molar-refractivity contribution in [2.45, 2.75) is 13.5 Å². The van der Waals surface area contributed by atoms with Crippen molar-refractivity contribution in [1.82, 2.24) is 0 Å². The molecule has 0 radical (unpaired) electrons. The van der Waals surface area contributed by atoms with E-state index in [-0.39, 0.29) is 5.69 Å². The zero-order chi connectivity index (χ0) is 13.1. The highest BCUT2D eigenvalue weighted by atomic mass is 79.9. The van der Waals surface area contributed by atoms with E-state index in [1.807, 2.05) is 19.1 Å². The van der Waals surface area contributed by atoms with Crippen molar-refractivity contribution in [2.24, 2.45) is 0 Å². The second-order valence-corrected chi connectivity index (χ2v) is 6.25. The molecule has 18 heavy (non-hydrogen) atoms. The van der Waals surface area contributed by atoms with Crippen LogP contribution in [-0.4, -0.2) is 4.92 Å². The number of nitro groups is 1. The van der Waals surface area contributed by atoms with Crippen LogP contribution in [-0.2, 0) is 6.61 Å². The van der Waals surface area contributed by atoms with Gasteiger partial charge in [0.25, 0.3) is 5.69 Å². The van der Waals surface area contributed by atoms with E-state index in [9.17, 15) is 10.1 Å². The summed E-state index contributed by atoms with van der Waals surface area (Å²) >= 11 is 4.96. The van der Waals surface area contributed by atoms with E-state index in [0.29, 0.717) is 12.4 Å². The van der Waals surface area contributed by atoms with Crippen LogP contribution in [0.5, 0.6) is 5.75 Å². The Balaban J connectivity index is 2.13. The standard InChI is InChI=1S/C12H10BrNO3S/c1-8-2-3-9(14(15)16)6-11(8)17-7-10-4-5-12(13)18-10/h2-6H,7H2,1H3. The van der Waals surface area contributed by atoms with Gasteiger partial charge in [0, 0.05) is 10.9 Å². The SMILES string of the molecule is Cc1ccc([N+](=O)[O-])cc1OCc1ccc(Br)s1. The Bertz CT molecular complexity index is 582. The molecular weight excluding hydrogens is 318 g/mol. The Morgan fingerprint density at radius 1 is 1.39 bits per heavy atom. The molecule has 0 spiro atoms. The van der Waals surface area contributed by atoms with Crippen LogP contribution in [0.2, 0.25) is 0 Å². The van der Waals surface area contributed by atoms with E-state index in [1.54, 1.807) is 17.4 Å². The maximum absolute atomic E-state index is 10.7. The predicted molar refractivity (Wildman–Crippen MR) is 74.2 cm³/mol. The van der Waals surface area contributed by atoms with Crippen LogP contribution >= 0.6 is 27.3 Å². The normalized spacial score (nSPS) is 10.3. The van der Waals surface area contributed by atoms with Crippen LogP contribution in [0.25, 0.3) is 0 Å². The summed E-state index contributed by atoms with van der Waals surface area (Å²) in [7, 11) is 0. The Morgan fingerprint density at radius 2 is 2.17 bits per heavy atom. The minimum Gasteiger partial charge on any atom is -0.488 e. The van der Waals surface area contributed by atoms with Crippen LogP contribution in [0.4, 0.5) is 5.69 Å². The van der Waals surface area contributed by atoms with Gasteiger partial charge in [-0.05, 0) is 46.6 Å². The molecule has 0 aliphatic rings. The summed E-state index contributed by atoms with van der Waals surface area (Å²) in [6.45, 7) is 2.28. The molecule has 1 heterocycles. The van der Waals surface area contributed by atoms with E-state index in [0.717, 1.165) is 14.2 Å². The first-order chi connectivity index (χ1) is 8.56. The molecule has 0 saturated heterocycles. The second kappa shape index (κ2) is 5.49. The van der Waals surface area contributed by atoms with Gasteiger partial charge < -0.3 is 4.74 Å². The molecule has 0 aliphatic carbocycles. The lowest BCUT2D eigenvalue weighted by atomic mass is 10.2. The molecule has 6 heteroatoms. The largest absolute Gasteiger partial charge is 0.488 e. The molecule has 0 aliphatic heterocycles. The fourth-order valence-corrected chi connectivity index (χ4v) is 2.83. The number of hydrogen-bond donors (Lipinski definition) is 0. The topological polar surface area (TPSA) is 52.4 Å². The molecule has 4 nitrogen and oxygen atoms in total. The zero-order valence-corrected chi connectivity index (χ0v) is 12.0. The summed E-state index contributed by atoms with van der Waals surface area (Å²) in [5.74, 6) is 0.550. The number of halogens is 1. The minimum absolute atomic E-state index is 0.0444. The van der Waals surface area contributed by atoms with Gasteiger partial charge in [-0.15, -0.1) is 11.3 Å². The number of nitro benzene ring substituents is 1. The van der Waals surface area contributed by atoms with Crippen LogP contribution in [0.15, 0.2) is 34.1 Å². The quantitative estimate of drug-likeness (QED) is 0.621. The van der Waals surface area contributed by atoms with Crippen molar-refractivity contribution in [3.8, 4) is 5.75 Å². The highest BCUT2D eigenvalue weighted by Crippen LogP contribution is 2.27. The first-order valence-corrected chi connectivity index (χ1v) is 6.79. The smallest absolute Gasteiger partial charge is 0.273 e. The van der Waals surface area contributed by atoms with Gasteiger partial charge in [-0.1, -0.05) is 0 Å². The average Bonchev–Trinajstić information content (AvgIpc) is 2.74. The highest BCUT2D eigenvalue weighted by molar-refractivity contribution is 9.11. The summed E-state index contributed by atoms with van der Waals surface area (Å²) < 4.78 is 6.65. The first-order valence-electron chi connectivity index (χ1n) is 5.18. The first kappa shape index (κ1) is 13.0. The monoisotopic (exact) mass is 327 g/mol. The van der Waals surface area contributed by atoms with E-state index in [1.165, 1.54) is 12.1 Å². The van der Waals surface area contributed by atoms with Crippen LogP contribution in [0, 0.1) is 17.0 Å². The number of benzene rings is 1. The van der Waals surface area contributed by atoms with Gasteiger partial charge >= 0.3 is 0 Å². The summed E-state index contributed by atoms with van der Waals surface area (Å²) in [5.41, 5.74) is 0.930. The Morgan fingerprint density at radius 3 is 2.78 bits per heavy atom. The Kier molecular flexibility index (Phi) is 3.98. The molecule has 0 fully saturated rings. The summed E-state index contributed by atoms with van der Waals surface area (Å²) in [6, 6.07) is 8.53. The van der Waals surface area contributed by atoms with Crippen LogP contribution in [0.1, 0.15) is 10.4 Å². The maximum Gasteiger partial charge on any atom is 0.273 e. The van der Waals surface area contributed by atoms with Crippen molar-refractivity contribution in [3.63, 3.8) is 0 Å². The third kappa shape index (κ3) is 3.08. The Labute approximate surface area is 116 Å². The number of aryl methyl sites for hydroxylation is 1. The number of thiophene rings is 1. The number of nitrogens with zero attached hydrogens (tertiary/aromatic N) is 1. The van der Waals surface area contributed by atoms with Crippen LogP contribution in [0.3, 0.4) is 0 Å². The third-order valence-corrected chi connectivity index (χ3v) is 3.98. The number of hydrogen-bond acceptors (Lipinski definition) is 4. The van der Waals surface area contributed by atoms with Crippen molar-refractivity contribution in [3.05, 3.63) is 54.7 Å². The minimum atomic E-state index is -0.423. The fraction of sp³-hybridized carbons (Fsp3) is 0.167. The molecule has 1 aromatic heterocycles. The summed E-state index contributed by atoms with van der Waals surface area (Å²) in [4.78, 5) is 11.3. The van der Waals surface area contributed by atoms with Gasteiger partial charge in [-0.3, -0.25) is 10.1 Å². The molecule has 0 amide bonds. The highest BCUT2D eigenvalue weighted by Gasteiger charge is 2.10. The van der Waals surface area contributed by atoms with Gasteiger partial charge in [-0.2, -0.15) is 0 Å². The lowest BCUT2D eigenvalue weighted by Gasteiger charge is -2.07. The van der Waals surface area contributed by atoms with Crippen LogP contribution < -0.4 is 4.74 Å². The lowest BCUT2D eigenvalue weighted by molar-refractivity contribution is -0.385. The molecule has 0 unspecified atom stereocenters. The molecule has 94 valence electrons. The molecule has 0 N–H and O–H groups in total. The molecular formula is C12H10BrNO3S. The molecule has 2 rings (SSSR count). The van der Waals surface area contributed by atoms with Gasteiger partial charge in [-0.25, -0.2) is 0 Å². The van der Waals surface area contributed by atoms with E-state index in [2.05, 4.69) is 15.9 Å². The van der Waals surface area contributed by atoms with Crippen molar-refractivity contribution < 1.29 is 9.66 Å². The van der Waals surface area contributed by atoms with Crippen molar-refractivity contribution >= 4 is 33.0 Å². The molecule has 0 bridgehead atoms.